The van der Waals surface area contributed by atoms with E-state index < -0.39 is 31.6 Å². The molecule has 0 atom stereocenters. The molecule has 2 aromatic rings. The van der Waals surface area contributed by atoms with Crippen LogP contribution in [0.4, 0.5) is 0 Å². The maximum Gasteiger partial charge on any atom is 0.338 e. The number of hydrogen-bond acceptors (Lipinski definition) is 7. The number of aliphatic imine (C=N–C) groups is 1. The molecule has 0 aliphatic rings. The lowest BCUT2D eigenvalue weighted by Gasteiger charge is -2.19. The molecule has 0 saturated carbocycles. The predicted molar refractivity (Wildman–Crippen MR) is 167 cm³/mol. The number of guanidine groups is 1. The average molecular weight is 624 g/mol. The van der Waals surface area contributed by atoms with Crippen molar-refractivity contribution in [1.29, 1.82) is 0 Å². The average Bonchev–Trinajstić information content (AvgIpc) is 2.88. The molecule has 0 bridgehead atoms. The van der Waals surface area contributed by atoms with Crippen molar-refractivity contribution in [2.75, 3.05) is 19.6 Å². The molecule has 2 rings (SSSR count). The molecule has 0 unspecified atom stereocenters. The molecule has 12 heteroatoms. The second-order valence-electron chi connectivity index (χ2n) is 10.3. The smallest absolute Gasteiger partial charge is 0.338 e. The molecule has 0 aromatic heterocycles. The Balaban J connectivity index is 0.000000422. The van der Waals surface area contributed by atoms with Crippen LogP contribution in [0.1, 0.15) is 108 Å². The van der Waals surface area contributed by atoms with Gasteiger partial charge in [0.2, 0.25) is 0 Å². The summed E-state index contributed by atoms with van der Waals surface area (Å²) in [6.07, 6.45) is 5.66. The van der Waals surface area contributed by atoms with Gasteiger partial charge in [0.1, 0.15) is 0 Å². The van der Waals surface area contributed by atoms with Gasteiger partial charge in [0.15, 0.2) is 25.6 Å². The Labute approximate surface area is 250 Å². The van der Waals surface area contributed by atoms with E-state index in [0.717, 1.165) is 48.6 Å². The molecule has 42 heavy (non-hydrogen) atoms. The van der Waals surface area contributed by atoms with Gasteiger partial charge in [0.05, 0.1) is 22.5 Å². The molecule has 0 saturated heterocycles. The number of carbonyl (C=O) groups is 2. The SMILES string of the molecule is CCC(CC)c1cc(C)c(C(=O)N=C(N)N)cc1S(C)(=O)=O.CCC(CC)c1cc(C)c(C(=O)OC)cc1S(C)(=O)=O. The number of rotatable bonds is 10. The Morgan fingerprint density at radius 2 is 1.10 bits per heavy atom. The number of methoxy groups -OCH3 is 1. The number of benzene rings is 2. The molecular weight excluding hydrogens is 578 g/mol. The van der Waals surface area contributed by atoms with Gasteiger partial charge in [-0.2, -0.15) is 4.99 Å². The van der Waals surface area contributed by atoms with Crippen LogP contribution in [0.3, 0.4) is 0 Å². The highest BCUT2D eigenvalue weighted by Gasteiger charge is 2.24. The fourth-order valence-corrected chi connectivity index (χ4v) is 6.87. The number of nitrogens with zero attached hydrogens (tertiary/aromatic N) is 1. The molecule has 0 aliphatic carbocycles. The van der Waals surface area contributed by atoms with Crippen molar-refractivity contribution < 1.29 is 31.2 Å². The number of amides is 1. The minimum atomic E-state index is -3.46. The van der Waals surface area contributed by atoms with Gasteiger partial charge in [-0.05, 0) is 85.8 Å². The Hall–Kier alpha value is -3.25. The van der Waals surface area contributed by atoms with Gasteiger partial charge >= 0.3 is 5.97 Å². The zero-order chi connectivity index (χ0) is 32.6. The molecular formula is C30H45N3O7S2. The quantitative estimate of drug-likeness (QED) is 0.214. The van der Waals surface area contributed by atoms with Crippen molar-refractivity contribution >= 4 is 37.5 Å². The highest BCUT2D eigenvalue weighted by Crippen LogP contribution is 2.33. The largest absolute Gasteiger partial charge is 0.465 e. The summed E-state index contributed by atoms with van der Waals surface area (Å²) in [7, 11) is -5.56. The fraction of sp³-hybridized carbons (Fsp3) is 0.500. The lowest BCUT2D eigenvalue weighted by atomic mass is 9.91. The molecule has 4 N–H and O–H groups in total. The molecule has 0 aliphatic heterocycles. The summed E-state index contributed by atoms with van der Waals surface area (Å²) in [6.45, 7) is 11.6. The number of sulfone groups is 2. The predicted octanol–water partition coefficient (Wildman–Crippen LogP) is 4.80. The summed E-state index contributed by atoms with van der Waals surface area (Å²) in [4.78, 5) is 27.6. The zero-order valence-electron chi connectivity index (χ0n) is 26.1. The van der Waals surface area contributed by atoms with Crippen molar-refractivity contribution in [1.82, 2.24) is 0 Å². The number of nitrogens with two attached hydrogens (primary N) is 2. The minimum Gasteiger partial charge on any atom is -0.465 e. The number of carbonyl (C=O) groups excluding carboxylic acids is 2. The molecule has 1 amide bonds. The number of ether oxygens (including phenoxy) is 1. The number of hydrogen-bond donors (Lipinski definition) is 2. The summed E-state index contributed by atoms with van der Waals surface area (Å²) in [5.74, 6) is -1.21. The highest BCUT2D eigenvalue weighted by molar-refractivity contribution is 7.91. The van der Waals surface area contributed by atoms with Crippen molar-refractivity contribution in [3.8, 4) is 0 Å². The van der Waals surface area contributed by atoms with E-state index in [2.05, 4.69) is 4.99 Å². The number of aryl methyl sites for hydroxylation is 2. The van der Waals surface area contributed by atoms with Gasteiger partial charge in [-0.15, -0.1) is 0 Å². The minimum absolute atomic E-state index is 0.121. The van der Waals surface area contributed by atoms with Gasteiger partial charge in [-0.1, -0.05) is 39.8 Å². The van der Waals surface area contributed by atoms with Gasteiger partial charge in [0.25, 0.3) is 5.91 Å². The van der Waals surface area contributed by atoms with Gasteiger partial charge < -0.3 is 16.2 Å². The van der Waals surface area contributed by atoms with Gasteiger partial charge in [0, 0.05) is 18.1 Å². The van der Waals surface area contributed by atoms with Crippen LogP contribution in [0.15, 0.2) is 39.0 Å². The molecule has 234 valence electrons. The van der Waals surface area contributed by atoms with E-state index in [1.54, 1.807) is 26.0 Å². The molecule has 2 aromatic carbocycles. The maximum atomic E-state index is 12.1. The first kappa shape index (κ1) is 36.8. The summed E-state index contributed by atoms with van der Waals surface area (Å²) < 4.78 is 52.9. The zero-order valence-corrected chi connectivity index (χ0v) is 27.7. The van der Waals surface area contributed by atoms with Crippen LogP contribution in [-0.2, 0) is 24.4 Å². The van der Waals surface area contributed by atoms with Crippen LogP contribution >= 0.6 is 0 Å². The maximum absolute atomic E-state index is 12.1. The van der Waals surface area contributed by atoms with E-state index in [1.165, 1.54) is 25.5 Å². The fourth-order valence-electron chi connectivity index (χ4n) is 4.90. The lowest BCUT2D eigenvalue weighted by Crippen LogP contribution is -2.24. The van der Waals surface area contributed by atoms with Crippen LogP contribution in [0.5, 0.6) is 0 Å². The van der Waals surface area contributed by atoms with Crippen LogP contribution in [0, 0.1) is 13.8 Å². The Kier molecular flexibility index (Phi) is 13.4. The third-order valence-corrected chi connectivity index (χ3v) is 9.53. The molecule has 0 radical (unpaired) electrons. The van der Waals surface area contributed by atoms with E-state index in [4.69, 9.17) is 16.2 Å². The van der Waals surface area contributed by atoms with E-state index in [-0.39, 0.29) is 33.1 Å². The topological polar surface area (TPSA) is 176 Å². The third kappa shape index (κ3) is 9.38. The first-order chi connectivity index (χ1) is 19.4. The standard InChI is InChI=1S/C15H23N3O3S.C15H22O4S/c1-5-10(6-2)12-7-9(3)11(14(19)18-15(16)17)8-13(12)22(4,20)21;1-6-11(7-2)13-8-10(3)12(15(16)19-4)9-14(13)20(5,17)18/h7-8,10H,5-6H2,1-4H3,(H4,16,17,18,19);8-9,11H,6-7H2,1-5H3. The monoisotopic (exact) mass is 623 g/mol. The summed E-state index contributed by atoms with van der Waals surface area (Å²) >= 11 is 0. The summed E-state index contributed by atoms with van der Waals surface area (Å²) in [6, 6.07) is 6.39. The van der Waals surface area contributed by atoms with Gasteiger partial charge in [-0.3, -0.25) is 4.79 Å². The molecule has 10 nitrogen and oxygen atoms in total. The number of esters is 1. The second kappa shape index (κ2) is 15.3. The van der Waals surface area contributed by atoms with Crippen molar-refractivity contribution in [3.05, 3.63) is 57.6 Å². The first-order valence-corrected chi connectivity index (χ1v) is 17.6. The molecule has 0 spiro atoms. The first-order valence-electron chi connectivity index (χ1n) is 13.8. The second-order valence-corrected chi connectivity index (χ2v) is 14.3. The van der Waals surface area contributed by atoms with Crippen LogP contribution in [0.2, 0.25) is 0 Å². The van der Waals surface area contributed by atoms with E-state index in [9.17, 15) is 26.4 Å². The van der Waals surface area contributed by atoms with Crippen molar-refractivity contribution in [3.63, 3.8) is 0 Å². The normalized spacial score (nSPS) is 11.6. The summed E-state index contributed by atoms with van der Waals surface area (Å²) in [5, 5.41) is 0. The summed E-state index contributed by atoms with van der Waals surface area (Å²) in [5.41, 5.74) is 13.9. The van der Waals surface area contributed by atoms with Gasteiger partial charge in [-0.25, -0.2) is 21.6 Å². The highest BCUT2D eigenvalue weighted by atomic mass is 32.2. The van der Waals surface area contributed by atoms with E-state index in [1.807, 2.05) is 27.7 Å². The Morgan fingerprint density at radius 3 is 1.40 bits per heavy atom. The van der Waals surface area contributed by atoms with Crippen LogP contribution < -0.4 is 11.5 Å². The van der Waals surface area contributed by atoms with Crippen LogP contribution in [-0.4, -0.2) is 54.3 Å². The Morgan fingerprint density at radius 1 is 0.738 bits per heavy atom. The van der Waals surface area contributed by atoms with E-state index in [0.29, 0.717) is 11.1 Å². The van der Waals surface area contributed by atoms with Crippen molar-refractivity contribution in [2.24, 2.45) is 16.5 Å². The molecule has 0 fully saturated rings. The lowest BCUT2D eigenvalue weighted by molar-refractivity contribution is 0.0599. The molecule has 0 heterocycles. The van der Waals surface area contributed by atoms with E-state index >= 15 is 0 Å². The third-order valence-electron chi connectivity index (χ3n) is 7.23. The van der Waals surface area contributed by atoms with Crippen LogP contribution in [0.25, 0.3) is 0 Å². The Bertz CT molecular complexity index is 1530. The van der Waals surface area contributed by atoms with Crippen molar-refractivity contribution in [2.45, 2.75) is 88.9 Å².